The highest BCUT2D eigenvalue weighted by atomic mass is 16.2. The van der Waals surface area contributed by atoms with Gasteiger partial charge in [-0.25, -0.2) is 4.98 Å². The second-order valence-electron chi connectivity index (χ2n) is 5.90. The Hall–Kier alpha value is -2.37. The van der Waals surface area contributed by atoms with Gasteiger partial charge in [-0.05, 0) is 6.05 Å². The van der Waals surface area contributed by atoms with Crippen LogP contribution >= 0.6 is 0 Å². The number of amides is 2. The van der Waals surface area contributed by atoms with Gasteiger partial charge in [0.1, 0.15) is 12.2 Å². The molecule has 0 saturated carbocycles. The minimum atomic E-state index is -0.390. The van der Waals surface area contributed by atoms with Crippen molar-refractivity contribution in [3.63, 3.8) is 0 Å². The van der Waals surface area contributed by atoms with Crippen molar-refractivity contribution in [2.45, 2.75) is 26.2 Å². The predicted molar refractivity (Wildman–Crippen MR) is 80.2 cm³/mol. The van der Waals surface area contributed by atoms with Crippen LogP contribution in [0.1, 0.15) is 33.5 Å². The number of carbonyl (C=O) groups excluding carboxylic acids is 2. The molecule has 0 aliphatic carbocycles. The number of nitrogens with zero attached hydrogens (tertiary/aromatic N) is 2. The first-order chi connectivity index (χ1) is 10.3. The molecule has 2 rings (SSSR count). The van der Waals surface area contributed by atoms with Crippen LogP contribution in [-0.2, 0) is 15.0 Å². The van der Waals surface area contributed by atoms with Gasteiger partial charge in [-0.1, -0.05) is 26.8 Å². The molecule has 1 aliphatic heterocycles. The zero-order valence-electron chi connectivity index (χ0n) is 13.5. The number of aromatic amines is 1. The van der Waals surface area contributed by atoms with Gasteiger partial charge in [0.25, 0.3) is 5.91 Å². The van der Waals surface area contributed by atoms with E-state index in [1.807, 2.05) is 20.8 Å². The second kappa shape index (κ2) is 5.55. The topological polar surface area (TPSA) is 78.1 Å². The number of aromatic nitrogens is 2. The van der Waals surface area contributed by atoms with E-state index in [2.05, 4.69) is 21.9 Å². The normalized spacial score (nSPS) is 19.2. The molecule has 0 spiro atoms. The molecule has 2 amide bonds. The van der Waals surface area contributed by atoms with Crippen LogP contribution in [0.5, 0.6) is 0 Å². The van der Waals surface area contributed by atoms with Crippen LogP contribution in [0.4, 0.5) is 0 Å². The molecule has 1 saturated heterocycles. The number of hydrogen-bond acceptors (Lipinski definition) is 3. The van der Waals surface area contributed by atoms with Crippen molar-refractivity contribution >= 4 is 17.9 Å². The summed E-state index contributed by atoms with van der Waals surface area (Å²) >= 11 is 0. The van der Waals surface area contributed by atoms with E-state index < -0.39 is 0 Å². The second-order valence-corrected chi connectivity index (χ2v) is 5.90. The summed E-state index contributed by atoms with van der Waals surface area (Å²) < 4.78 is 8.31. The summed E-state index contributed by atoms with van der Waals surface area (Å²) in [5.74, 6) is -0.711. The SMILES string of the molecule is [2H]/C(=C1/NC(=O)CN(CC=C)C1=O)c1[nH]cnc1C(C)(C)C. The number of carbonyl (C=O) groups is 2. The number of hydrogen-bond donors (Lipinski definition) is 2. The van der Waals surface area contributed by atoms with E-state index in [4.69, 9.17) is 1.37 Å². The maximum atomic E-state index is 12.4. The van der Waals surface area contributed by atoms with Gasteiger partial charge < -0.3 is 15.2 Å². The molecular weight excluding hydrogens is 268 g/mol. The maximum absolute atomic E-state index is 12.4. The van der Waals surface area contributed by atoms with Gasteiger partial charge >= 0.3 is 0 Å². The van der Waals surface area contributed by atoms with Crippen molar-refractivity contribution in [3.05, 3.63) is 36.1 Å². The quantitative estimate of drug-likeness (QED) is 0.648. The van der Waals surface area contributed by atoms with E-state index in [1.54, 1.807) is 6.08 Å². The standard InChI is InChI=1S/C15H20N4O2/c1-5-6-19-8-12(20)18-11(14(19)21)7-10-13(15(2,3)4)17-9-16-10/h5,7,9H,1,6,8H2,2-4H3,(H,16,17)(H,18,20)/b11-7-/i7D. The Labute approximate surface area is 125 Å². The molecule has 0 aromatic carbocycles. The average molecular weight is 289 g/mol. The molecular formula is C15H20N4O2. The van der Waals surface area contributed by atoms with Crippen molar-refractivity contribution in [1.82, 2.24) is 20.2 Å². The van der Waals surface area contributed by atoms with Crippen LogP contribution in [0.25, 0.3) is 6.05 Å². The summed E-state index contributed by atoms with van der Waals surface area (Å²) in [5, 5.41) is 2.50. The summed E-state index contributed by atoms with van der Waals surface area (Å²) in [4.78, 5) is 32.7. The van der Waals surface area contributed by atoms with E-state index in [0.717, 1.165) is 0 Å². The van der Waals surface area contributed by atoms with Crippen LogP contribution in [0, 0.1) is 0 Å². The van der Waals surface area contributed by atoms with Gasteiger partial charge in [0.2, 0.25) is 5.91 Å². The highest BCUT2D eigenvalue weighted by Crippen LogP contribution is 2.24. The lowest BCUT2D eigenvalue weighted by Crippen LogP contribution is -2.49. The number of piperazine rings is 1. The Kier molecular flexibility index (Phi) is 3.60. The predicted octanol–water partition coefficient (Wildman–Crippen LogP) is 1.19. The van der Waals surface area contributed by atoms with Crippen molar-refractivity contribution in [1.29, 1.82) is 0 Å². The van der Waals surface area contributed by atoms with Crippen LogP contribution in [0.3, 0.4) is 0 Å². The molecule has 0 atom stereocenters. The minimum absolute atomic E-state index is 0.0310. The largest absolute Gasteiger partial charge is 0.345 e. The van der Waals surface area contributed by atoms with Gasteiger partial charge in [-0.2, -0.15) is 0 Å². The van der Waals surface area contributed by atoms with E-state index in [-0.39, 0.29) is 42.1 Å². The van der Waals surface area contributed by atoms with Gasteiger partial charge in [0.15, 0.2) is 0 Å². The monoisotopic (exact) mass is 289 g/mol. The lowest BCUT2D eigenvalue weighted by molar-refractivity contribution is -0.136. The summed E-state index contributed by atoms with van der Waals surface area (Å²) in [7, 11) is 0. The Morgan fingerprint density at radius 2 is 2.24 bits per heavy atom. The molecule has 1 aromatic rings. The zero-order valence-corrected chi connectivity index (χ0v) is 12.5. The molecule has 0 bridgehead atoms. The van der Waals surface area contributed by atoms with Crippen LogP contribution in [-0.4, -0.2) is 39.8 Å². The van der Waals surface area contributed by atoms with E-state index in [9.17, 15) is 9.59 Å². The van der Waals surface area contributed by atoms with Crippen LogP contribution < -0.4 is 5.32 Å². The van der Waals surface area contributed by atoms with E-state index in [1.165, 1.54) is 11.2 Å². The first-order valence-corrected chi connectivity index (χ1v) is 6.70. The number of nitrogens with one attached hydrogen (secondary N) is 2. The van der Waals surface area contributed by atoms with Crippen molar-refractivity contribution in [2.75, 3.05) is 13.1 Å². The van der Waals surface area contributed by atoms with E-state index in [0.29, 0.717) is 11.4 Å². The van der Waals surface area contributed by atoms with E-state index >= 15 is 0 Å². The fourth-order valence-corrected chi connectivity index (χ4v) is 2.11. The molecule has 2 heterocycles. The van der Waals surface area contributed by atoms with Crippen LogP contribution in [0.15, 0.2) is 24.7 Å². The Morgan fingerprint density at radius 1 is 1.52 bits per heavy atom. The summed E-state index contributed by atoms with van der Waals surface area (Å²) in [6.45, 7) is 9.71. The molecule has 2 N–H and O–H groups in total. The van der Waals surface area contributed by atoms with Gasteiger partial charge in [-0.15, -0.1) is 6.58 Å². The fourth-order valence-electron chi connectivity index (χ4n) is 2.11. The molecule has 1 fully saturated rings. The summed E-state index contributed by atoms with van der Waals surface area (Å²) in [5.41, 5.74) is 0.794. The molecule has 1 aromatic heterocycles. The van der Waals surface area contributed by atoms with Gasteiger partial charge in [0.05, 0.1) is 19.1 Å². The summed E-state index contributed by atoms with van der Waals surface area (Å²) in [6.07, 6.45) is 3.04. The smallest absolute Gasteiger partial charge is 0.271 e. The molecule has 21 heavy (non-hydrogen) atoms. The van der Waals surface area contributed by atoms with Crippen LogP contribution in [0.2, 0.25) is 0 Å². The molecule has 0 radical (unpaired) electrons. The fraction of sp³-hybridized carbons (Fsp3) is 0.400. The Bertz CT molecular complexity index is 655. The molecule has 6 heteroatoms. The molecule has 0 unspecified atom stereocenters. The highest BCUT2D eigenvalue weighted by Gasteiger charge is 2.28. The number of imidazole rings is 1. The lowest BCUT2D eigenvalue weighted by atomic mass is 9.90. The number of H-pyrrole nitrogens is 1. The first-order valence-electron chi connectivity index (χ1n) is 7.20. The van der Waals surface area contributed by atoms with Crippen molar-refractivity contribution in [2.24, 2.45) is 0 Å². The van der Waals surface area contributed by atoms with Gasteiger partial charge in [0, 0.05) is 12.0 Å². The van der Waals surface area contributed by atoms with Crippen molar-refractivity contribution < 1.29 is 11.0 Å². The maximum Gasteiger partial charge on any atom is 0.271 e. The Balaban J connectivity index is 2.48. The van der Waals surface area contributed by atoms with Crippen molar-refractivity contribution in [3.8, 4) is 0 Å². The average Bonchev–Trinajstić information content (AvgIpc) is 2.91. The minimum Gasteiger partial charge on any atom is -0.345 e. The Morgan fingerprint density at radius 3 is 2.86 bits per heavy atom. The van der Waals surface area contributed by atoms with Gasteiger partial charge in [-0.3, -0.25) is 9.59 Å². The molecule has 6 nitrogen and oxygen atoms in total. The third-order valence-corrected chi connectivity index (χ3v) is 3.05. The zero-order chi connectivity index (χ0) is 16.5. The highest BCUT2D eigenvalue weighted by molar-refractivity contribution is 6.06. The molecule has 112 valence electrons. The molecule has 1 aliphatic rings. The number of rotatable bonds is 3. The summed E-state index contributed by atoms with van der Waals surface area (Å²) in [6, 6.07) is -0.0606. The third-order valence-electron chi connectivity index (χ3n) is 3.05. The first kappa shape index (κ1) is 13.6. The lowest BCUT2D eigenvalue weighted by Gasteiger charge is -2.27. The third kappa shape index (κ3) is 3.21.